The van der Waals surface area contributed by atoms with E-state index in [1.807, 2.05) is 39.3 Å². The van der Waals surface area contributed by atoms with Crippen molar-refractivity contribution in [3.8, 4) is 0 Å². The Balaban J connectivity index is 0.000000269. The summed E-state index contributed by atoms with van der Waals surface area (Å²) in [6.07, 6.45) is 8.29. The molecule has 0 aromatic carbocycles. The van der Waals surface area contributed by atoms with E-state index in [2.05, 4.69) is 10.3 Å². The van der Waals surface area contributed by atoms with Crippen LogP contribution in [0, 0.1) is 0 Å². The SMILES string of the molecule is C1CSSC1.CCCC(=O)NCCn1ccnc1. The van der Waals surface area contributed by atoms with Gasteiger partial charge in [-0.05, 0) is 12.8 Å². The van der Waals surface area contributed by atoms with Gasteiger partial charge in [-0.15, -0.1) is 0 Å². The minimum absolute atomic E-state index is 0.127. The summed E-state index contributed by atoms with van der Waals surface area (Å²) in [5.41, 5.74) is 0. The van der Waals surface area contributed by atoms with Crippen LogP contribution in [0.25, 0.3) is 0 Å². The third-order valence-corrected chi connectivity index (χ3v) is 4.84. The number of carbonyl (C=O) groups is 1. The quantitative estimate of drug-likeness (QED) is 0.846. The number of hydrogen-bond donors (Lipinski definition) is 1. The Morgan fingerprint density at radius 2 is 2.22 bits per heavy atom. The summed E-state index contributed by atoms with van der Waals surface area (Å²) in [6.45, 7) is 3.46. The molecular weight excluding hydrogens is 266 g/mol. The van der Waals surface area contributed by atoms with Gasteiger partial charge < -0.3 is 9.88 Å². The summed E-state index contributed by atoms with van der Waals surface area (Å²) in [7, 11) is 3.98. The first kappa shape index (κ1) is 15.4. The van der Waals surface area contributed by atoms with Gasteiger partial charge in [0.15, 0.2) is 0 Å². The molecule has 1 aliphatic rings. The fraction of sp³-hybridized carbons (Fsp3) is 0.667. The fourth-order valence-electron chi connectivity index (χ4n) is 1.35. The molecule has 2 heterocycles. The Bertz CT molecular complexity index is 306. The first-order valence-electron chi connectivity index (χ1n) is 6.29. The number of rotatable bonds is 5. The third kappa shape index (κ3) is 7.66. The molecule has 2 rings (SSSR count). The maximum Gasteiger partial charge on any atom is 0.220 e. The number of imidazole rings is 1. The van der Waals surface area contributed by atoms with Crippen LogP contribution < -0.4 is 5.32 Å². The lowest BCUT2D eigenvalue weighted by atomic mass is 10.3. The van der Waals surface area contributed by atoms with Crippen LogP contribution in [-0.4, -0.2) is 33.5 Å². The molecule has 1 aromatic heterocycles. The van der Waals surface area contributed by atoms with Gasteiger partial charge in [-0.2, -0.15) is 0 Å². The Morgan fingerprint density at radius 3 is 2.72 bits per heavy atom. The average Bonchev–Trinajstić information content (AvgIpc) is 3.05. The molecule has 0 radical (unpaired) electrons. The van der Waals surface area contributed by atoms with Crippen molar-refractivity contribution >= 4 is 27.5 Å². The lowest BCUT2D eigenvalue weighted by molar-refractivity contribution is -0.121. The van der Waals surface area contributed by atoms with Gasteiger partial charge in [0, 0.05) is 43.4 Å². The Morgan fingerprint density at radius 1 is 1.44 bits per heavy atom. The summed E-state index contributed by atoms with van der Waals surface area (Å²) in [4.78, 5) is 14.9. The molecule has 1 aromatic rings. The van der Waals surface area contributed by atoms with E-state index in [0.29, 0.717) is 13.0 Å². The molecule has 0 atom stereocenters. The maximum atomic E-state index is 11.0. The monoisotopic (exact) mass is 287 g/mol. The molecule has 0 bridgehead atoms. The maximum absolute atomic E-state index is 11.0. The predicted molar refractivity (Wildman–Crippen MR) is 79.7 cm³/mol. The van der Waals surface area contributed by atoms with Gasteiger partial charge in [-0.1, -0.05) is 28.5 Å². The predicted octanol–water partition coefficient (Wildman–Crippen LogP) is 2.57. The molecule has 102 valence electrons. The average molecular weight is 287 g/mol. The van der Waals surface area contributed by atoms with Crippen molar-refractivity contribution in [1.82, 2.24) is 14.9 Å². The zero-order valence-corrected chi connectivity index (χ0v) is 12.4. The molecule has 4 nitrogen and oxygen atoms in total. The minimum Gasteiger partial charge on any atom is -0.354 e. The van der Waals surface area contributed by atoms with E-state index in [0.717, 1.165) is 13.0 Å². The van der Waals surface area contributed by atoms with Gasteiger partial charge in [0.1, 0.15) is 0 Å². The van der Waals surface area contributed by atoms with Gasteiger partial charge >= 0.3 is 0 Å². The second-order valence-corrected chi connectivity index (χ2v) is 6.60. The highest BCUT2D eigenvalue weighted by molar-refractivity contribution is 8.77. The number of amides is 1. The number of hydrogen-bond acceptors (Lipinski definition) is 4. The van der Waals surface area contributed by atoms with E-state index in [-0.39, 0.29) is 5.91 Å². The van der Waals surface area contributed by atoms with Crippen molar-refractivity contribution in [3.05, 3.63) is 18.7 Å². The van der Waals surface area contributed by atoms with Crippen molar-refractivity contribution in [2.75, 3.05) is 18.1 Å². The summed E-state index contributed by atoms with van der Waals surface area (Å²) < 4.78 is 1.94. The van der Waals surface area contributed by atoms with E-state index in [1.165, 1.54) is 17.9 Å². The normalized spacial score (nSPS) is 13.8. The third-order valence-electron chi connectivity index (χ3n) is 2.27. The molecule has 1 fully saturated rings. The first-order valence-corrected chi connectivity index (χ1v) is 8.78. The van der Waals surface area contributed by atoms with Crippen LogP contribution in [-0.2, 0) is 11.3 Å². The van der Waals surface area contributed by atoms with Crippen LogP contribution in [0.1, 0.15) is 26.2 Å². The number of carbonyl (C=O) groups excluding carboxylic acids is 1. The summed E-state index contributed by atoms with van der Waals surface area (Å²) in [5, 5.41) is 2.83. The van der Waals surface area contributed by atoms with Crippen molar-refractivity contribution in [3.63, 3.8) is 0 Å². The summed E-state index contributed by atoms with van der Waals surface area (Å²) in [6, 6.07) is 0. The molecule has 18 heavy (non-hydrogen) atoms. The molecule has 0 spiro atoms. The Labute approximate surface area is 117 Å². The number of nitrogens with one attached hydrogen (secondary N) is 1. The zero-order valence-electron chi connectivity index (χ0n) is 10.8. The van der Waals surface area contributed by atoms with Crippen molar-refractivity contribution in [1.29, 1.82) is 0 Å². The van der Waals surface area contributed by atoms with Crippen molar-refractivity contribution in [2.24, 2.45) is 0 Å². The topological polar surface area (TPSA) is 46.9 Å². The molecule has 1 aliphatic heterocycles. The lowest BCUT2D eigenvalue weighted by Crippen LogP contribution is -2.26. The minimum atomic E-state index is 0.127. The van der Waals surface area contributed by atoms with Crippen LogP contribution in [0.3, 0.4) is 0 Å². The van der Waals surface area contributed by atoms with Gasteiger partial charge in [0.2, 0.25) is 5.91 Å². The second-order valence-electron chi connectivity index (χ2n) is 3.90. The molecule has 0 saturated carbocycles. The van der Waals surface area contributed by atoms with E-state index in [9.17, 15) is 4.79 Å². The summed E-state index contributed by atoms with van der Waals surface area (Å²) >= 11 is 0. The van der Waals surface area contributed by atoms with E-state index in [4.69, 9.17) is 0 Å². The van der Waals surface area contributed by atoms with Crippen molar-refractivity contribution < 1.29 is 4.79 Å². The first-order chi connectivity index (χ1) is 8.83. The van der Waals surface area contributed by atoms with Crippen LogP contribution in [0.5, 0.6) is 0 Å². The van der Waals surface area contributed by atoms with Crippen LogP contribution >= 0.6 is 21.6 Å². The summed E-state index contributed by atoms with van der Waals surface area (Å²) in [5.74, 6) is 2.89. The Hall–Kier alpha value is -0.620. The fourth-order valence-corrected chi connectivity index (χ4v) is 3.71. The molecule has 1 N–H and O–H groups in total. The smallest absolute Gasteiger partial charge is 0.220 e. The van der Waals surface area contributed by atoms with Gasteiger partial charge in [0.25, 0.3) is 0 Å². The highest BCUT2D eigenvalue weighted by Gasteiger charge is 1.97. The molecule has 0 unspecified atom stereocenters. The molecular formula is C12H21N3OS2. The van der Waals surface area contributed by atoms with Gasteiger partial charge in [-0.3, -0.25) is 4.79 Å². The van der Waals surface area contributed by atoms with Gasteiger partial charge in [0.05, 0.1) is 6.33 Å². The second kappa shape index (κ2) is 10.3. The number of aromatic nitrogens is 2. The molecule has 1 saturated heterocycles. The van der Waals surface area contributed by atoms with Crippen molar-refractivity contribution in [2.45, 2.75) is 32.7 Å². The van der Waals surface area contributed by atoms with Crippen LogP contribution in [0.15, 0.2) is 18.7 Å². The zero-order chi connectivity index (χ0) is 13.1. The van der Waals surface area contributed by atoms with Gasteiger partial charge in [-0.25, -0.2) is 4.98 Å². The van der Waals surface area contributed by atoms with Crippen LogP contribution in [0.4, 0.5) is 0 Å². The lowest BCUT2D eigenvalue weighted by Gasteiger charge is -2.04. The van der Waals surface area contributed by atoms with E-state index < -0.39 is 0 Å². The standard InChI is InChI=1S/C9H15N3O.C3H6S2/c1-2-3-9(13)11-5-7-12-6-4-10-8-12;1-2-4-5-3-1/h4,6,8H,2-3,5,7H2,1H3,(H,11,13);1-3H2. The number of nitrogens with zero attached hydrogens (tertiary/aromatic N) is 2. The van der Waals surface area contributed by atoms with E-state index >= 15 is 0 Å². The van der Waals surface area contributed by atoms with Crippen LogP contribution in [0.2, 0.25) is 0 Å². The molecule has 6 heteroatoms. The largest absolute Gasteiger partial charge is 0.354 e. The molecule has 0 aliphatic carbocycles. The molecule has 1 amide bonds. The highest BCUT2D eigenvalue weighted by Crippen LogP contribution is 2.29. The Kier molecular flexibility index (Phi) is 8.85. The highest BCUT2D eigenvalue weighted by atomic mass is 33.1. The van der Waals surface area contributed by atoms with E-state index in [1.54, 1.807) is 12.5 Å².